The minimum Gasteiger partial charge on any atom is -0.370 e. The van der Waals surface area contributed by atoms with E-state index in [-0.39, 0.29) is 23.8 Å². The van der Waals surface area contributed by atoms with Crippen LogP contribution in [0.25, 0.3) is 0 Å². The highest BCUT2D eigenvalue weighted by atomic mass is 19.1. The Bertz CT molecular complexity index is 414. The summed E-state index contributed by atoms with van der Waals surface area (Å²) in [6, 6.07) is 6.80. The number of carbonyl (C=O) groups is 1. The second-order valence-corrected chi connectivity index (χ2v) is 5.10. The third-order valence-corrected chi connectivity index (χ3v) is 3.29. The predicted octanol–water partition coefficient (Wildman–Crippen LogP) is 2.13. The van der Waals surface area contributed by atoms with Gasteiger partial charge in [0.25, 0.3) is 0 Å². The third-order valence-electron chi connectivity index (χ3n) is 3.29. The van der Waals surface area contributed by atoms with E-state index in [2.05, 4.69) is 5.32 Å². The number of rotatable bonds is 6. The molecule has 3 nitrogen and oxygen atoms in total. The molecule has 0 aromatic heterocycles. The van der Waals surface area contributed by atoms with Crippen molar-refractivity contribution in [1.29, 1.82) is 0 Å². The van der Waals surface area contributed by atoms with Crippen molar-refractivity contribution in [2.75, 3.05) is 0 Å². The van der Waals surface area contributed by atoms with E-state index >= 15 is 0 Å². The highest BCUT2D eigenvalue weighted by Gasteiger charge is 2.33. The molecule has 1 aromatic rings. The summed E-state index contributed by atoms with van der Waals surface area (Å²) in [6.07, 6.45) is 2.68. The van der Waals surface area contributed by atoms with Crippen molar-refractivity contribution in [3.63, 3.8) is 0 Å². The van der Waals surface area contributed by atoms with Crippen molar-refractivity contribution >= 4 is 5.91 Å². The van der Waals surface area contributed by atoms with Crippen molar-refractivity contribution in [2.24, 2.45) is 11.7 Å². The van der Waals surface area contributed by atoms with Crippen LogP contribution in [-0.2, 0) is 4.79 Å². The molecule has 4 heteroatoms. The van der Waals surface area contributed by atoms with Gasteiger partial charge in [-0.2, -0.15) is 0 Å². The number of hydrogen-bond donors (Lipinski definition) is 2. The summed E-state index contributed by atoms with van der Waals surface area (Å²) in [5, 5.41) is 3.42. The van der Waals surface area contributed by atoms with Gasteiger partial charge in [-0.15, -0.1) is 0 Å². The van der Waals surface area contributed by atoms with Gasteiger partial charge in [0, 0.05) is 18.5 Å². The SMILES string of the molecule is CC(CC(N)=O)NC(c1ccc(F)cc1)C1CC1. The maximum atomic E-state index is 12.9. The van der Waals surface area contributed by atoms with Crippen molar-refractivity contribution in [1.82, 2.24) is 5.32 Å². The maximum Gasteiger partial charge on any atom is 0.218 e. The molecule has 1 aliphatic rings. The molecule has 0 radical (unpaired) electrons. The average Bonchev–Trinajstić information content (AvgIpc) is 3.10. The van der Waals surface area contributed by atoms with Crippen molar-refractivity contribution in [3.05, 3.63) is 35.6 Å². The largest absolute Gasteiger partial charge is 0.370 e. The summed E-state index contributed by atoms with van der Waals surface area (Å²) in [4.78, 5) is 10.9. The topological polar surface area (TPSA) is 55.1 Å². The summed E-state index contributed by atoms with van der Waals surface area (Å²) in [6.45, 7) is 1.95. The number of benzene rings is 1. The lowest BCUT2D eigenvalue weighted by molar-refractivity contribution is -0.118. The zero-order valence-electron chi connectivity index (χ0n) is 10.5. The zero-order valence-corrected chi connectivity index (χ0v) is 10.5. The van der Waals surface area contributed by atoms with E-state index in [1.807, 2.05) is 19.1 Å². The summed E-state index contributed by atoms with van der Waals surface area (Å²) >= 11 is 0. The molecule has 18 heavy (non-hydrogen) atoms. The van der Waals surface area contributed by atoms with E-state index in [4.69, 9.17) is 5.73 Å². The van der Waals surface area contributed by atoms with E-state index in [1.165, 1.54) is 25.0 Å². The van der Waals surface area contributed by atoms with E-state index in [9.17, 15) is 9.18 Å². The van der Waals surface area contributed by atoms with Crippen LogP contribution < -0.4 is 11.1 Å². The number of nitrogens with one attached hydrogen (secondary N) is 1. The molecule has 0 aliphatic heterocycles. The average molecular weight is 250 g/mol. The number of amides is 1. The van der Waals surface area contributed by atoms with Crippen LogP contribution in [0.2, 0.25) is 0 Å². The zero-order chi connectivity index (χ0) is 13.1. The molecule has 0 bridgehead atoms. The number of nitrogens with two attached hydrogens (primary N) is 1. The fraction of sp³-hybridized carbons (Fsp3) is 0.500. The molecular weight excluding hydrogens is 231 g/mol. The molecule has 0 spiro atoms. The lowest BCUT2D eigenvalue weighted by atomic mass is 10.0. The molecule has 1 fully saturated rings. The van der Waals surface area contributed by atoms with Crippen LogP contribution in [-0.4, -0.2) is 11.9 Å². The molecule has 2 rings (SSSR count). The van der Waals surface area contributed by atoms with Crippen LogP contribution >= 0.6 is 0 Å². The Balaban J connectivity index is 2.04. The molecule has 3 N–H and O–H groups in total. The predicted molar refractivity (Wildman–Crippen MR) is 68.3 cm³/mol. The quantitative estimate of drug-likeness (QED) is 0.812. The van der Waals surface area contributed by atoms with E-state index in [1.54, 1.807) is 0 Å². The van der Waals surface area contributed by atoms with Crippen LogP contribution in [0, 0.1) is 11.7 Å². The van der Waals surface area contributed by atoms with Crippen LogP contribution in [0.15, 0.2) is 24.3 Å². The minimum atomic E-state index is -0.302. The number of primary amides is 1. The Morgan fingerprint density at radius 2 is 2.06 bits per heavy atom. The molecule has 98 valence electrons. The first-order valence-electron chi connectivity index (χ1n) is 6.36. The van der Waals surface area contributed by atoms with E-state index < -0.39 is 0 Å². The number of hydrogen-bond acceptors (Lipinski definition) is 2. The standard InChI is InChI=1S/C14H19FN2O/c1-9(8-13(16)18)17-14(10-2-3-10)11-4-6-12(15)7-5-11/h4-7,9-10,14,17H,2-3,8H2,1H3,(H2,16,18). The van der Waals surface area contributed by atoms with Gasteiger partial charge in [0.2, 0.25) is 5.91 Å². The molecule has 1 aliphatic carbocycles. The minimum absolute atomic E-state index is 0.0400. The molecule has 2 unspecified atom stereocenters. The Hall–Kier alpha value is -1.42. The Morgan fingerprint density at radius 3 is 2.56 bits per heavy atom. The first kappa shape index (κ1) is 13.0. The van der Waals surface area contributed by atoms with Crippen LogP contribution in [0.1, 0.15) is 37.8 Å². The van der Waals surface area contributed by atoms with Crippen LogP contribution in [0.3, 0.4) is 0 Å². The normalized spacial score (nSPS) is 18.3. The Kier molecular flexibility index (Phi) is 3.97. The van der Waals surface area contributed by atoms with Crippen molar-refractivity contribution in [2.45, 2.75) is 38.3 Å². The summed E-state index contributed by atoms with van der Waals surface area (Å²) < 4.78 is 12.9. The Labute approximate surface area is 107 Å². The maximum absolute atomic E-state index is 12.9. The van der Waals surface area contributed by atoms with Crippen LogP contribution in [0.4, 0.5) is 4.39 Å². The van der Waals surface area contributed by atoms with Gasteiger partial charge in [0.05, 0.1) is 0 Å². The van der Waals surface area contributed by atoms with E-state index in [0.717, 1.165) is 5.56 Å². The highest BCUT2D eigenvalue weighted by molar-refractivity contribution is 5.74. The first-order valence-corrected chi connectivity index (χ1v) is 6.36. The van der Waals surface area contributed by atoms with Crippen LogP contribution in [0.5, 0.6) is 0 Å². The van der Waals surface area contributed by atoms with Gasteiger partial charge < -0.3 is 11.1 Å². The second kappa shape index (κ2) is 5.48. The van der Waals surface area contributed by atoms with Gasteiger partial charge in [-0.1, -0.05) is 12.1 Å². The lowest BCUT2D eigenvalue weighted by Gasteiger charge is -2.23. The van der Waals surface area contributed by atoms with Gasteiger partial charge in [0.15, 0.2) is 0 Å². The van der Waals surface area contributed by atoms with Crippen molar-refractivity contribution in [3.8, 4) is 0 Å². The molecule has 1 saturated carbocycles. The fourth-order valence-electron chi connectivity index (χ4n) is 2.27. The van der Waals surface area contributed by atoms with Gasteiger partial charge >= 0.3 is 0 Å². The van der Waals surface area contributed by atoms with Gasteiger partial charge in [-0.05, 0) is 43.4 Å². The number of carbonyl (C=O) groups excluding carboxylic acids is 1. The first-order chi connectivity index (χ1) is 8.56. The third kappa shape index (κ3) is 3.53. The molecule has 2 atom stereocenters. The summed E-state index contributed by atoms with van der Waals surface area (Å²) in [7, 11) is 0. The number of halogens is 1. The molecule has 0 heterocycles. The van der Waals surface area contributed by atoms with Gasteiger partial charge in [0.1, 0.15) is 5.82 Å². The molecular formula is C14H19FN2O. The second-order valence-electron chi connectivity index (χ2n) is 5.10. The highest BCUT2D eigenvalue weighted by Crippen LogP contribution is 2.41. The van der Waals surface area contributed by atoms with Gasteiger partial charge in [-0.3, -0.25) is 4.79 Å². The van der Waals surface area contributed by atoms with Crippen molar-refractivity contribution < 1.29 is 9.18 Å². The summed E-state index contributed by atoms with van der Waals surface area (Å²) in [5.74, 6) is 0.0629. The lowest BCUT2D eigenvalue weighted by Crippen LogP contribution is -2.35. The molecule has 0 saturated heterocycles. The monoisotopic (exact) mass is 250 g/mol. The molecule has 1 amide bonds. The van der Waals surface area contributed by atoms with Gasteiger partial charge in [-0.25, -0.2) is 4.39 Å². The smallest absolute Gasteiger partial charge is 0.218 e. The Morgan fingerprint density at radius 1 is 1.44 bits per heavy atom. The van der Waals surface area contributed by atoms with E-state index in [0.29, 0.717) is 12.3 Å². The summed E-state index contributed by atoms with van der Waals surface area (Å²) in [5.41, 5.74) is 6.27. The molecule has 1 aromatic carbocycles. The fourth-order valence-corrected chi connectivity index (χ4v) is 2.27.